The molecule has 0 amide bonds. The summed E-state index contributed by atoms with van der Waals surface area (Å²) in [4.78, 5) is 17.7. The maximum absolute atomic E-state index is 14.9. The Balaban J connectivity index is 1.08. The van der Waals surface area contributed by atoms with Gasteiger partial charge in [-0.05, 0) is 136 Å². The number of rotatable bonds is 22. The van der Waals surface area contributed by atoms with Crippen LogP contribution < -0.4 is 10.2 Å². The number of hydrogen-bond acceptors (Lipinski definition) is 7. The Morgan fingerprint density at radius 2 is 1.75 bits per heavy atom. The number of anilines is 1. The molecule has 3 atom stereocenters. The first-order chi connectivity index (χ1) is 32.7. The van der Waals surface area contributed by atoms with Crippen molar-refractivity contribution >= 4 is 22.2 Å². The fraction of sp³-hybridized carbons (Fsp3) is 0.632. The van der Waals surface area contributed by atoms with Crippen LogP contribution in [0.15, 0.2) is 74.1 Å². The van der Waals surface area contributed by atoms with E-state index in [9.17, 15) is 13.2 Å². The molecule has 1 N–H and O–H groups in total. The van der Waals surface area contributed by atoms with Crippen LogP contribution in [0.3, 0.4) is 0 Å². The average molecular weight is 937 g/mol. The van der Waals surface area contributed by atoms with Crippen molar-refractivity contribution in [2.45, 2.75) is 136 Å². The molecule has 0 bridgehead atoms. The van der Waals surface area contributed by atoms with Crippen LogP contribution in [0, 0.1) is 17.3 Å². The summed E-state index contributed by atoms with van der Waals surface area (Å²) in [5.74, 6) is 1.33. The molecule has 0 spiro atoms. The lowest BCUT2D eigenvalue weighted by Gasteiger charge is -2.37. The maximum Gasteiger partial charge on any atom is 0.406 e. The summed E-state index contributed by atoms with van der Waals surface area (Å²) in [5.41, 5.74) is 8.15. The number of pyridine rings is 1. The second-order valence-corrected chi connectivity index (χ2v) is 22.0. The van der Waals surface area contributed by atoms with Gasteiger partial charge in [0.15, 0.2) is 0 Å². The highest BCUT2D eigenvalue weighted by molar-refractivity contribution is 5.95. The Kier molecular flexibility index (Phi) is 16.4. The zero-order valence-corrected chi connectivity index (χ0v) is 42.4. The van der Waals surface area contributed by atoms with Gasteiger partial charge in [0.05, 0.1) is 29.7 Å². The van der Waals surface area contributed by atoms with Gasteiger partial charge in [-0.25, -0.2) is 0 Å². The number of aryl methyl sites for hydroxylation is 1. The topological polar surface area (TPSA) is 46.1 Å². The van der Waals surface area contributed by atoms with Gasteiger partial charge < -0.3 is 19.7 Å². The minimum Gasteiger partial charge on any atom is -0.380 e. The van der Waals surface area contributed by atoms with Crippen LogP contribution in [0.1, 0.15) is 109 Å². The number of aromatic nitrogens is 2. The summed E-state index contributed by atoms with van der Waals surface area (Å²) in [5, 5.41) is 4.81. The molecule has 4 fully saturated rings. The van der Waals surface area contributed by atoms with Crippen molar-refractivity contribution in [3.8, 4) is 11.3 Å². The van der Waals surface area contributed by atoms with Crippen molar-refractivity contribution in [3.63, 3.8) is 0 Å². The highest BCUT2D eigenvalue weighted by atomic mass is 19.4. The van der Waals surface area contributed by atoms with Crippen LogP contribution in [0.25, 0.3) is 27.7 Å². The van der Waals surface area contributed by atoms with Crippen LogP contribution in [0.2, 0.25) is 0 Å². The SMILES string of the molecule is C=CCCC(C)(C)Cc1c(-c2cc(N3CCN(C4CC4)CC3)cnc2CC)n(CC(F)(F)F)c2ccc(C3=CCCN(CC(C=C)NC(=C)C(C4CCCC4)N4CCC(CN(C)CC)C4)C3)cc12. The molecule has 3 aromatic rings. The Labute approximate surface area is 407 Å². The molecule has 11 heteroatoms. The van der Waals surface area contributed by atoms with E-state index >= 15 is 0 Å². The van der Waals surface area contributed by atoms with E-state index in [1.807, 2.05) is 18.3 Å². The van der Waals surface area contributed by atoms with Crippen molar-refractivity contribution in [1.29, 1.82) is 0 Å². The molecule has 8 rings (SSSR count). The van der Waals surface area contributed by atoms with Crippen LogP contribution >= 0.6 is 0 Å². The lowest BCUT2D eigenvalue weighted by atomic mass is 9.80. The normalized spacial score (nSPS) is 21.5. The zero-order chi connectivity index (χ0) is 48.2. The van der Waals surface area contributed by atoms with Gasteiger partial charge in [0.2, 0.25) is 0 Å². The minimum absolute atomic E-state index is 0.0421. The van der Waals surface area contributed by atoms with E-state index in [0.29, 0.717) is 48.0 Å². The van der Waals surface area contributed by atoms with Gasteiger partial charge in [0.1, 0.15) is 6.54 Å². The van der Waals surface area contributed by atoms with Crippen LogP contribution in [-0.4, -0.2) is 132 Å². The molecule has 0 radical (unpaired) electrons. The summed E-state index contributed by atoms with van der Waals surface area (Å²) >= 11 is 0. The smallest absolute Gasteiger partial charge is 0.380 e. The molecule has 68 heavy (non-hydrogen) atoms. The van der Waals surface area contributed by atoms with E-state index < -0.39 is 12.7 Å². The molecule has 8 nitrogen and oxygen atoms in total. The Hall–Kier alpha value is -3.90. The number of likely N-dealkylation sites (tertiary alicyclic amines) is 1. The van der Waals surface area contributed by atoms with E-state index in [1.54, 1.807) is 4.57 Å². The highest BCUT2D eigenvalue weighted by Crippen LogP contribution is 2.44. The highest BCUT2D eigenvalue weighted by Gasteiger charge is 2.38. The largest absolute Gasteiger partial charge is 0.406 e. The van der Waals surface area contributed by atoms with E-state index in [2.05, 4.69) is 108 Å². The van der Waals surface area contributed by atoms with Crippen molar-refractivity contribution in [1.82, 2.24) is 34.5 Å². The number of fused-ring (bicyclic) bond motifs is 1. The lowest BCUT2D eigenvalue weighted by molar-refractivity contribution is -0.139. The van der Waals surface area contributed by atoms with Gasteiger partial charge in [-0.2, -0.15) is 13.2 Å². The van der Waals surface area contributed by atoms with Crippen LogP contribution in [0.5, 0.6) is 0 Å². The summed E-state index contributed by atoms with van der Waals surface area (Å²) < 4.78 is 46.4. The first kappa shape index (κ1) is 50.5. The third-order valence-electron chi connectivity index (χ3n) is 16.2. The Morgan fingerprint density at radius 1 is 0.985 bits per heavy atom. The molecule has 372 valence electrons. The Bertz CT molecular complexity index is 2240. The fourth-order valence-electron chi connectivity index (χ4n) is 12.3. The molecule has 2 saturated carbocycles. The quantitative estimate of drug-likeness (QED) is 0.101. The molecular weight excluding hydrogens is 854 g/mol. The van der Waals surface area contributed by atoms with Crippen LogP contribution in [-0.2, 0) is 19.4 Å². The van der Waals surface area contributed by atoms with Gasteiger partial charge >= 0.3 is 6.18 Å². The number of allylic oxidation sites excluding steroid dienone is 1. The van der Waals surface area contributed by atoms with Gasteiger partial charge in [-0.15, -0.1) is 13.2 Å². The number of halogens is 3. The standard InChI is InChI=1S/C57H83F3N8/c1-9-13-25-56(6,7)34-51-49-32-44(20-23-53(49)68(40-57(58,59)60)55(51)50-33-48(35-61-52(50)11-3)66-30-28-65(29-31-66)47-21-22-47)45-19-16-26-64(38-45)39-46(10-2)62-41(5)54(43-17-14-15-18-43)67-27-24-42(37-67)36-63(8)12-4/h9-10,19-20,23,32-33,35,42-43,46-47,54,62H,1-2,5,11-18,21-22,24-31,34,36-40H2,3-4,6-8H3. The zero-order valence-electron chi connectivity index (χ0n) is 42.4. The number of benzene rings is 1. The molecule has 3 unspecified atom stereocenters. The van der Waals surface area contributed by atoms with Crippen molar-refractivity contribution in [3.05, 3.63) is 90.9 Å². The first-order valence-corrected chi connectivity index (χ1v) is 26.4. The number of piperazine rings is 1. The van der Waals surface area contributed by atoms with Gasteiger partial charge in [0, 0.05) is 92.8 Å². The van der Waals surface area contributed by atoms with Crippen LogP contribution in [0.4, 0.5) is 18.9 Å². The summed E-state index contributed by atoms with van der Waals surface area (Å²) in [6.45, 7) is 31.6. The maximum atomic E-state index is 14.9. The predicted octanol–water partition coefficient (Wildman–Crippen LogP) is 11.2. The van der Waals surface area contributed by atoms with E-state index in [-0.39, 0.29) is 11.5 Å². The molecule has 2 aliphatic carbocycles. The Morgan fingerprint density at radius 3 is 2.43 bits per heavy atom. The molecular formula is C57H83F3N8. The first-order valence-electron chi connectivity index (χ1n) is 26.4. The van der Waals surface area contributed by atoms with Crippen molar-refractivity contribution in [2.75, 3.05) is 83.9 Å². The molecule has 3 aliphatic heterocycles. The molecule has 5 heterocycles. The summed E-state index contributed by atoms with van der Waals surface area (Å²) in [6, 6.07) is 9.48. The van der Waals surface area contributed by atoms with Gasteiger partial charge in [-0.1, -0.05) is 71.4 Å². The number of alkyl halides is 3. The van der Waals surface area contributed by atoms with E-state index in [1.165, 1.54) is 50.5 Å². The minimum atomic E-state index is -4.42. The van der Waals surface area contributed by atoms with Crippen molar-refractivity contribution < 1.29 is 13.2 Å². The van der Waals surface area contributed by atoms with Gasteiger partial charge in [0.25, 0.3) is 0 Å². The number of nitrogens with zero attached hydrogens (tertiary/aromatic N) is 7. The second-order valence-electron chi connectivity index (χ2n) is 22.0. The predicted molar refractivity (Wildman–Crippen MR) is 278 cm³/mol. The van der Waals surface area contributed by atoms with Gasteiger partial charge in [-0.3, -0.25) is 19.7 Å². The molecule has 1 aromatic carbocycles. The third-order valence-corrected chi connectivity index (χ3v) is 16.2. The summed E-state index contributed by atoms with van der Waals surface area (Å²) in [7, 11) is 2.24. The van der Waals surface area contributed by atoms with E-state index in [0.717, 1.165) is 130 Å². The second kappa shape index (κ2) is 22.0. The molecule has 2 aromatic heterocycles. The fourth-order valence-corrected chi connectivity index (χ4v) is 12.3. The number of nitrogens with one attached hydrogen (secondary N) is 1. The number of hydrogen-bond donors (Lipinski definition) is 1. The third kappa shape index (κ3) is 12.2. The van der Waals surface area contributed by atoms with Crippen molar-refractivity contribution in [2.24, 2.45) is 17.3 Å². The average Bonchev–Trinajstić information content (AvgIpc) is 3.72. The molecule has 2 saturated heterocycles. The lowest BCUT2D eigenvalue weighted by Crippen LogP contribution is -2.48. The molecule has 5 aliphatic rings. The monoisotopic (exact) mass is 937 g/mol. The van der Waals surface area contributed by atoms with E-state index in [4.69, 9.17) is 11.6 Å². The summed E-state index contributed by atoms with van der Waals surface area (Å²) in [6.07, 6.45) is 16.7.